The summed E-state index contributed by atoms with van der Waals surface area (Å²) in [5, 5.41) is 8.69. The summed E-state index contributed by atoms with van der Waals surface area (Å²) in [6, 6.07) is 3.37. The van der Waals surface area contributed by atoms with Gasteiger partial charge in [-0.3, -0.25) is 4.98 Å². The van der Waals surface area contributed by atoms with Gasteiger partial charge in [-0.25, -0.2) is 0 Å². The summed E-state index contributed by atoms with van der Waals surface area (Å²) in [6.07, 6.45) is 1.43. The Morgan fingerprint density at radius 2 is 1.90 bits per heavy atom. The number of hydrogen-bond acceptors (Lipinski definition) is 2. The Balaban J connectivity index is 0.000000371. The molecular formula is C8H13NO. The number of hydrogen-bond donors (Lipinski definition) is 1. The summed E-state index contributed by atoms with van der Waals surface area (Å²) < 4.78 is 0. The van der Waals surface area contributed by atoms with E-state index in [9.17, 15) is 0 Å². The Hall–Kier alpha value is -1.05. The zero-order valence-corrected chi connectivity index (χ0v) is 6.63. The highest BCUT2D eigenvalue weighted by Gasteiger charge is 1.83. The lowest BCUT2D eigenvalue weighted by Gasteiger charge is -1.88. The standard InChI is InChI=1S/C6H7NO.C2H6/c1-5-2-3-6(8)4-7-5;1-2/h2-4,8H,1H3;1-2H3. The summed E-state index contributed by atoms with van der Waals surface area (Å²) in [5.41, 5.74) is 0.919. The minimum atomic E-state index is 0.218. The fourth-order valence-corrected chi connectivity index (χ4v) is 0.460. The third-order valence-electron chi connectivity index (χ3n) is 0.896. The van der Waals surface area contributed by atoms with E-state index in [-0.39, 0.29) is 5.75 Å². The molecule has 0 atom stereocenters. The molecule has 1 heterocycles. The maximum absolute atomic E-state index is 8.69. The van der Waals surface area contributed by atoms with Crippen molar-refractivity contribution in [2.75, 3.05) is 0 Å². The van der Waals surface area contributed by atoms with E-state index in [4.69, 9.17) is 5.11 Å². The van der Waals surface area contributed by atoms with Crippen LogP contribution in [0.3, 0.4) is 0 Å². The summed E-state index contributed by atoms with van der Waals surface area (Å²) in [4.78, 5) is 3.83. The van der Waals surface area contributed by atoms with Gasteiger partial charge in [-0.1, -0.05) is 13.8 Å². The lowest BCUT2D eigenvalue weighted by molar-refractivity contribution is 0.472. The molecule has 0 fully saturated rings. The van der Waals surface area contributed by atoms with Crippen LogP contribution in [-0.2, 0) is 0 Å². The normalized spacial score (nSPS) is 7.90. The molecule has 2 nitrogen and oxygen atoms in total. The van der Waals surface area contributed by atoms with E-state index in [1.807, 2.05) is 20.8 Å². The van der Waals surface area contributed by atoms with Gasteiger partial charge in [0.25, 0.3) is 0 Å². The maximum Gasteiger partial charge on any atom is 0.133 e. The molecule has 10 heavy (non-hydrogen) atoms. The molecule has 1 N–H and O–H groups in total. The number of nitrogens with zero attached hydrogens (tertiary/aromatic N) is 1. The highest BCUT2D eigenvalue weighted by atomic mass is 16.3. The van der Waals surface area contributed by atoms with Crippen molar-refractivity contribution in [2.24, 2.45) is 0 Å². The van der Waals surface area contributed by atoms with Crippen LogP contribution >= 0.6 is 0 Å². The number of aromatic hydroxyl groups is 1. The Morgan fingerprint density at radius 1 is 1.30 bits per heavy atom. The molecule has 56 valence electrons. The SMILES string of the molecule is CC.Cc1ccc(O)cn1. The van der Waals surface area contributed by atoms with Gasteiger partial charge in [0.05, 0.1) is 6.20 Å². The van der Waals surface area contributed by atoms with Crippen LogP contribution in [0, 0.1) is 6.92 Å². The van der Waals surface area contributed by atoms with Crippen LogP contribution in [0.15, 0.2) is 18.3 Å². The molecule has 2 heteroatoms. The van der Waals surface area contributed by atoms with E-state index in [1.54, 1.807) is 12.1 Å². The van der Waals surface area contributed by atoms with Gasteiger partial charge in [0, 0.05) is 5.69 Å². The van der Waals surface area contributed by atoms with Crippen LogP contribution in [0.5, 0.6) is 5.75 Å². The van der Waals surface area contributed by atoms with Crippen LogP contribution in [-0.4, -0.2) is 10.1 Å². The van der Waals surface area contributed by atoms with Crippen LogP contribution in [0.1, 0.15) is 19.5 Å². The van der Waals surface area contributed by atoms with Crippen molar-refractivity contribution in [3.63, 3.8) is 0 Å². The smallest absolute Gasteiger partial charge is 0.133 e. The predicted octanol–water partition coefficient (Wildman–Crippen LogP) is 2.12. The number of aromatic nitrogens is 1. The van der Waals surface area contributed by atoms with Crippen molar-refractivity contribution < 1.29 is 5.11 Å². The molecule has 0 aliphatic heterocycles. The van der Waals surface area contributed by atoms with Gasteiger partial charge < -0.3 is 5.11 Å². The second-order valence-electron chi connectivity index (χ2n) is 1.66. The summed E-state index contributed by atoms with van der Waals surface area (Å²) in [6.45, 7) is 5.87. The van der Waals surface area contributed by atoms with E-state index < -0.39 is 0 Å². The van der Waals surface area contributed by atoms with Gasteiger partial charge in [0.1, 0.15) is 5.75 Å². The fourth-order valence-electron chi connectivity index (χ4n) is 0.460. The molecule has 0 bridgehead atoms. The van der Waals surface area contributed by atoms with Crippen molar-refractivity contribution in [2.45, 2.75) is 20.8 Å². The fraction of sp³-hybridized carbons (Fsp3) is 0.375. The summed E-state index contributed by atoms with van der Waals surface area (Å²) >= 11 is 0. The van der Waals surface area contributed by atoms with Gasteiger partial charge in [-0.2, -0.15) is 0 Å². The van der Waals surface area contributed by atoms with Crippen molar-refractivity contribution in [3.05, 3.63) is 24.0 Å². The molecule has 0 saturated carbocycles. The molecule has 1 aromatic rings. The van der Waals surface area contributed by atoms with Crippen LogP contribution in [0.4, 0.5) is 0 Å². The van der Waals surface area contributed by atoms with Crippen molar-refractivity contribution >= 4 is 0 Å². The number of aryl methyl sites for hydroxylation is 1. The molecule has 0 aliphatic carbocycles. The molecular weight excluding hydrogens is 126 g/mol. The highest BCUT2D eigenvalue weighted by molar-refractivity contribution is 5.16. The quantitative estimate of drug-likeness (QED) is 0.597. The molecule has 0 saturated heterocycles. The first-order valence-electron chi connectivity index (χ1n) is 3.40. The Bertz CT molecular complexity index is 148. The van der Waals surface area contributed by atoms with Gasteiger partial charge in [-0.15, -0.1) is 0 Å². The molecule has 0 spiro atoms. The van der Waals surface area contributed by atoms with E-state index in [2.05, 4.69) is 4.98 Å². The molecule has 1 rings (SSSR count). The van der Waals surface area contributed by atoms with Crippen LogP contribution in [0.2, 0.25) is 0 Å². The van der Waals surface area contributed by atoms with E-state index in [1.165, 1.54) is 6.20 Å². The molecule has 0 radical (unpaired) electrons. The van der Waals surface area contributed by atoms with Crippen molar-refractivity contribution in [1.82, 2.24) is 4.98 Å². The molecule has 0 amide bonds. The second kappa shape index (κ2) is 4.79. The van der Waals surface area contributed by atoms with E-state index >= 15 is 0 Å². The van der Waals surface area contributed by atoms with Gasteiger partial charge in [0.2, 0.25) is 0 Å². The van der Waals surface area contributed by atoms with E-state index in [0.29, 0.717) is 0 Å². The average Bonchev–Trinajstić information content (AvgIpc) is 2.00. The minimum Gasteiger partial charge on any atom is -0.506 e. The first-order chi connectivity index (χ1) is 4.79. The Labute approximate surface area is 61.5 Å². The Morgan fingerprint density at radius 3 is 2.20 bits per heavy atom. The van der Waals surface area contributed by atoms with Gasteiger partial charge >= 0.3 is 0 Å². The Kier molecular flexibility index (Phi) is 4.29. The third-order valence-corrected chi connectivity index (χ3v) is 0.896. The van der Waals surface area contributed by atoms with Gasteiger partial charge in [0.15, 0.2) is 0 Å². The molecule has 1 aromatic heterocycles. The third kappa shape index (κ3) is 3.07. The van der Waals surface area contributed by atoms with Crippen molar-refractivity contribution in [3.8, 4) is 5.75 Å². The predicted molar refractivity (Wildman–Crippen MR) is 42.0 cm³/mol. The van der Waals surface area contributed by atoms with Crippen LogP contribution in [0.25, 0.3) is 0 Å². The van der Waals surface area contributed by atoms with Crippen LogP contribution < -0.4 is 0 Å². The average molecular weight is 139 g/mol. The first kappa shape index (κ1) is 8.95. The molecule has 0 aromatic carbocycles. The number of pyridine rings is 1. The second-order valence-corrected chi connectivity index (χ2v) is 1.66. The molecule has 0 aliphatic rings. The topological polar surface area (TPSA) is 33.1 Å². The zero-order valence-electron chi connectivity index (χ0n) is 6.63. The van der Waals surface area contributed by atoms with Gasteiger partial charge in [-0.05, 0) is 19.1 Å². The highest BCUT2D eigenvalue weighted by Crippen LogP contribution is 2.03. The minimum absolute atomic E-state index is 0.218. The summed E-state index contributed by atoms with van der Waals surface area (Å²) in [5.74, 6) is 0.218. The maximum atomic E-state index is 8.69. The van der Waals surface area contributed by atoms with Crippen molar-refractivity contribution in [1.29, 1.82) is 0 Å². The zero-order chi connectivity index (χ0) is 7.98. The number of rotatable bonds is 0. The summed E-state index contributed by atoms with van der Waals surface area (Å²) in [7, 11) is 0. The largest absolute Gasteiger partial charge is 0.506 e. The van der Waals surface area contributed by atoms with E-state index in [0.717, 1.165) is 5.69 Å². The molecule has 0 unspecified atom stereocenters. The monoisotopic (exact) mass is 139 g/mol. The first-order valence-corrected chi connectivity index (χ1v) is 3.40. The lowest BCUT2D eigenvalue weighted by Crippen LogP contribution is -1.75. The lowest BCUT2D eigenvalue weighted by atomic mass is 10.4.